The maximum Gasteiger partial charge on any atom is 0.416 e. The Balaban J connectivity index is 1.94. The number of halogens is 3. The lowest BCUT2D eigenvalue weighted by atomic mass is 9.96. The first kappa shape index (κ1) is 19.2. The molecule has 1 heterocycles. The molecule has 0 saturated carbocycles. The average molecular weight is 359 g/mol. The van der Waals surface area contributed by atoms with Crippen molar-refractivity contribution >= 4 is 11.9 Å². The standard InChI is InChI=1S/C17H20F3NO4/c1-11(12-2-4-13(5-3-12)17(18,19)20)8-15(22)21-6-7-25-14(10-21)9-16(23)24/h2-5,11,14H,6-10H2,1H3,(H,23,24)/t11-,14-/m1/s1. The van der Waals surface area contributed by atoms with Crippen LogP contribution in [-0.2, 0) is 20.5 Å². The number of ether oxygens (including phenoxy) is 1. The quantitative estimate of drug-likeness (QED) is 0.878. The lowest BCUT2D eigenvalue weighted by Gasteiger charge is -2.33. The summed E-state index contributed by atoms with van der Waals surface area (Å²) in [6, 6.07) is 4.78. The highest BCUT2D eigenvalue weighted by molar-refractivity contribution is 5.77. The molecule has 0 aromatic heterocycles. The van der Waals surface area contributed by atoms with Crippen molar-refractivity contribution in [3.63, 3.8) is 0 Å². The highest BCUT2D eigenvalue weighted by Crippen LogP contribution is 2.30. The van der Waals surface area contributed by atoms with E-state index in [1.54, 1.807) is 11.8 Å². The van der Waals surface area contributed by atoms with Crippen molar-refractivity contribution in [2.45, 2.75) is 38.0 Å². The van der Waals surface area contributed by atoms with Gasteiger partial charge in [-0.2, -0.15) is 13.2 Å². The molecule has 1 saturated heterocycles. The molecular weight excluding hydrogens is 339 g/mol. The molecule has 2 rings (SSSR count). The molecular formula is C17H20F3NO4. The molecule has 1 fully saturated rings. The Hall–Kier alpha value is -2.09. The van der Waals surface area contributed by atoms with Gasteiger partial charge in [0.2, 0.25) is 5.91 Å². The summed E-state index contributed by atoms with van der Waals surface area (Å²) >= 11 is 0. The van der Waals surface area contributed by atoms with Crippen LogP contribution < -0.4 is 0 Å². The molecule has 25 heavy (non-hydrogen) atoms. The SMILES string of the molecule is C[C@H](CC(=O)N1CCO[C@H](CC(=O)O)C1)c1ccc(C(F)(F)F)cc1. The van der Waals surface area contributed by atoms with Crippen LogP contribution in [-0.4, -0.2) is 47.7 Å². The fourth-order valence-electron chi connectivity index (χ4n) is 2.77. The van der Waals surface area contributed by atoms with Crippen LogP contribution in [0.2, 0.25) is 0 Å². The third-order valence-electron chi connectivity index (χ3n) is 4.18. The number of benzene rings is 1. The molecule has 0 radical (unpaired) electrons. The summed E-state index contributed by atoms with van der Waals surface area (Å²) in [5, 5.41) is 8.80. The number of aliphatic carboxylic acids is 1. The van der Waals surface area contributed by atoms with Gasteiger partial charge in [0.15, 0.2) is 0 Å². The normalized spacial score (nSPS) is 19.5. The molecule has 1 amide bonds. The molecule has 1 N–H and O–H groups in total. The first-order valence-electron chi connectivity index (χ1n) is 7.95. The van der Waals surface area contributed by atoms with Crippen molar-refractivity contribution in [2.75, 3.05) is 19.7 Å². The van der Waals surface area contributed by atoms with E-state index in [2.05, 4.69) is 0 Å². The van der Waals surface area contributed by atoms with Gasteiger partial charge in [0.05, 0.1) is 24.7 Å². The number of amides is 1. The van der Waals surface area contributed by atoms with E-state index in [-0.39, 0.29) is 37.8 Å². The van der Waals surface area contributed by atoms with E-state index in [4.69, 9.17) is 9.84 Å². The molecule has 2 atom stereocenters. The molecule has 0 spiro atoms. The summed E-state index contributed by atoms with van der Waals surface area (Å²) in [5.74, 6) is -1.39. The summed E-state index contributed by atoms with van der Waals surface area (Å²) in [5.41, 5.74) is -0.0730. The third kappa shape index (κ3) is 5.45. The number of morpholine rings is 1. The van der Waals surface area contributed by atoms with Gasteiger partial charge in [0, 0.05) is 19.5 Å². The van der Waals surface area contributed by atoms with Crippen LogP contribution >= 0.6 is 0 Å². The summed E-state index contributed by atoms with van der Waals surface area (Å²) in [4.78, 5) is 24.7. The van der Waals surface area contributed by atoms with Crippen LogP contribution in [0, 0.1) is 0 Å². The minimum Gasteiger partial charge on any atom is -0.481 e. The number of alkyl halides is 3. The molecule has 0 aliphatic carbocycles. The van der Waals surface area contributed by atoms with Crippen LogP contribution in [0.5, 0.6) is 0 Å². The van der Waals surface area contributed by atoms with Gasteiger partial charge in [0.1, 0.15) is 0 Å². The van der Waals surface area contributed by atoms with E-state index in [1.807, 2.05) is 0 Å². The highest BCUT2D eigenvalue weighted by Gasteiger charge is 2.30. The Morgan fingerprint density at radius 2 is 1.96 bits per heavy atom. The maximum absolute atomic E-state index is 12.6. The summed E-state index contributed by atoms with van der Waals surface area (Å²) < 4.78 is 43.1. The second kappa shape index (κ2) is 7.86. The number of hydrogen-bond donors (Lipinski definition) is 1. The summed E-state index contributed by atoms with van der Waals surface area (Å²) in [6.07, 6.45) is -4.94. The predicted octanol–water partition coefficient (Wildman–Crippen LogP) is 2.90. The third-order valence-corrected chi connectivity index (χ3v) is 4.18. The number of rotatable bonds is 5. The minimum absolute atomic E-state index is 0.144. The highest BCUT2D eigenvalue weighted by atomic mass is 19.4. The Bertz CT molecular complexity index is 615. The molecule has 0 bridgehead atoms. The lowest BCUT2D eigenvalue weighted by molar-refractivity contribution is -0.147. The number of carbonyl (C=O) groups excluding carboxylic acids is 1. The smallest absolute Gasteiger partial charge is 0.416 e. The van der Waals surface area contributed by atoms with Crippen LogP contribution in [0.4, 0.5) is 13.2 Å². The molecule has 5 nitrogen and oxygen atoms in total. The van der Waals surface area contributed by atoms with Gasteiger partial charge in [-0.1, -0.05) is 19.1 Å². The second-order valence-corrected chi connectivity index (χ2v) is 6.16. The van der Waals surface area contributed by atoms with Crippen molar-refractivity contribution in [1.82, 2.24) is 4.90 Å². The zero-order valence-corrected chi connectivity index (χ0v) is 13.8. The first-order chi connectivity index (χ1) is 11.7. The second-order valence-electron chi connectivity index (χ2n) is 6.16. The first-order valence-corrected chi connectivity index (χ1v) is 7.95. The summed E-state index contributed by atoms with van der Waals surface area (Å²) in [6.45, 7) is 2.65. The van der Waals surface area contributed by atoms with E-state index >= 15 is 0 Å². The molecule has 1 aliphatic heterocycles. The van der Waals surface area contributed by atoms with E-state index in [1.165, 1.54) is 12.1 Å². The van der Waals surface area contributed by atoms with Gasteiger partial charge >= 0.3 is 12.1 Å². The molecule has 1 aromatic rings. The van der Waals surface area contributed by atoms with Crippen LogP contribution in [0.15, 0.2) is 24.3 Å². The Morgan fingerprint density at radius 3 is 2.52 bits per heavy atom. The molecule has 0 unspecified atom stereocenters. The van der Waals surface area contributed by atoms with Gasteiger partial charge in [-0.05, 0) is 23.6 Å². The number of nitrogens with zero attached hydrogens (tertiary/aromatic N) is 1. The topological polar surface area (TPSA) is 66.8 Å². The number of carbonyl (C=O) groups is 2. The van der Waals surface area contributed by atoms with Crippen LogP contribution in [0.1, 0.15) is 36.8 Å². The average Bonchev–Trinajstić information content (AvgIpc) is 2.53. The largest absolute Gasteiger partial charge is 0.481 e. The van der Waals surface area contributed by atoms with Crippen molar-refractivity contribution in [1.29, 1.82) is 0 Å². The van der Waals surface area contributed by atoms with Gasteiger partial charge in [-0.15, -0.1) is 0 Å². The van der Waals surface area contributed by atoms with Gasteiger partial charge < -0.3 is 14.7 Å². The maximum atomic E-state index is 12.6. The van der Waals surface area contributed by atoms with E-state index < -0.39 is 23.8 Å². The van der Waals surface area contributed by atoms with Crippen LogP contribution in [0.25, 0.3) is 0 Å². The number of carboxylic acids is 1. The van der Waals surface area contributed by atoms with Gasteiger partial charge in [-0.3, -0.25) is 9.59 Å². The zero-order valence-electron chi connectivity index (χ0n) is 13.8. The Labute approximate surface area is 143 Å². The monoisotopic (exact) mass is 359 g/mol. The minimum atomic E-state index is -4.38. The van der Waals surface area contributed by atoms with Crippen molar-refractivity contribution < 1.29 is 32.6 Å². The molecule has 1 aliphatic rings. The molecule has 8 heteroatoms. The lowest BCUT2D eigenvalue weighted by Crippen LogP contribution is -2.46. The fourth-order valence-corrected chi connectivity index (χ4v) is 2.77. The Kier molecular flexibility index (Phi) is 6.05. The molecule has 138 valence electrons. The van der Waals surface area contributed by atoms with E-state index in [0.29, 0.717) is 12.1 Å². The number of carboxylic acid groups (broad SMARTS) is 1. The van der Waals surface area contributed by atoms with Crippen molar-refractivity contribution in [3.8, 4) is 0 Å². The van der Waals surface area contributed by atoms with Crippen molar-refractivity contribution in [3.05, 3.63) is 35.4 Å². The fraction of sp³-hybridized carbons (Fsp3) is 0.529. The van der Waals surface area contributed by atoms with E-state index in [0.717, 1.165) is 12.1 Å². The number of hydrogen-bond acceptors (Lipinski definition) is 3. The van der Waals surface area contributed by atoms with Gasteiger partial charge in [-0.25, -0.2) is 0 Å². The Morgan fingerprint density at radius 1 is 1.32 bits per heavy atom. The van der Waals surface area contributed by atoms with Crippen LogP contribution in [0.3, 0.4) is 0 Å². The predicted molar refractivity (Wildman–Crippen MR) is 83.0 cm³/mol. The van der Waals surface area contributed by atoms with Crippen molar-refractivity contribution in [2.24, 2.45) is 0 Å². The summed E-state index contributed by atoms with van der Waals surface area (Å²) in [7, 11) is 0. The molecule has 1 aromatic carbocycles. The van der Waals surface area contributed by atoms with Gasteiger partial charge in [0.25, 0.3) is 0 Å². The van der Waals surface area contributed by atoms with E-state index in [9.17, 15) is 22.8 Å². The zero-order chi connectivity index (χ0) is 18.6.